The van der Waals surface area contributed by atoms with Gasteiger partial charge in [0.15, 0.2) is 6.29 Å². The average Bonchev–Trinajstić information content (AvgIpc) is 2.46. The first-order valence-electron chi connectivity index (χ1n) is 5.92. The molecule has 0 fully saturated rings. The number of hydrogen-bond acceptors (Lipinski definition) is 3. The lowest BCUT2D eigenvalue weighted by Crippen LogP contribution is -2.01. The van der Waals surface area contributed by atoms with Gasteiger partial charge in [0.25, 0.3) is 0 Å². The van der Waals surface area contributed by atoms with Gasteiger partial charge in [-0.05, 0) is 24.6 Å². The van der Waals surface area contributed by atoms with Gasteiger partial charge in [-0.2, -0.15) is 5.26 Å². The van der Waals surface area contributed by atoms with Crippen molar-refractivity contribution < 1.29 is 9.53 Å². The van der Waals surface area contributed by atoms with Crippen LogP contribution in [-0.4, -0.2) is 6.29 Å². The van der Waals surface area contributed by atoms with Crippen LogP contribution in [0.15, 0.2) is 42.5 Å². The SMILES string of the molecule is Cc1cccc(C=O)c1OCc1ccccc1C#N. The van der Waals surface area contributed by atoms with Crippen molar-refractivity contribution in [1.82, 2.24) is 0 Å². The molecular weight excluding hydrogens is 238 g/mol. The van der Waals surface area contributed by atoms with E-state index in [4.69, 9.17) is 10.00 Å². The minimum Gasteiger partial charge on any atom is -0.488 e. The molecule has 2 aromatic rings. The van der Waals surface area contributed by atoms with Crippen LogP contribution in [0.2, 0.25) is 0 Å². The van der Waals surface area contributed by atoms with Gasteiger partial charge in [0.05, 0.1) is 17.2 Å². The normalized spacial score (nSPS) is 9.68. The Morgan fingerprint density at radius 3 is 2.74 bits per heavy atom. The van der Waals surface area contributed by atoms with Crippen LogP contribution in [0.5, 0.6) is 5.75 Å². The molecule has 0 saturated heterocycles. The van der Waals surface area contributed by atoms with E-state index in [1.54, 1.807) is 12.1 Å². The minimum atomic E-state index is 0.273. The summed E-state index contributed by atoms with van der Waals surface area (Å²) in [5, 5.41) is 9.01. The number of carbonyl (C=O) groups is 1. The molecule has 94 valence electrons. The van der Waals surface area contributed by atoms with Gasteiger partial charge in [-0.15, -0.1) is 0 Å². The smallest absolute Gasteiger partial charge is 0.153 e. The monoisotopic (exact) mass is 251 g/mol. The number of hydrogen-bond donors (Lipinski definition) is 0. The van der Waals surface area contributed by atoms with Crippen LogP contribution in [0.3, 0.4) is 0 Å². The Kier molecular flexibility index (Phi) is 3.94. The van der Waals surface area contributed by atoms with Gasteiger partial charge in [0.2, 0.25) is 0 Å². The van der Waals surface area contributed by atoms with E-state index in [0.29, 0.717) is 16.9 Å². The predicted molar refractivity (Wildman–Crippen MR) is 72.1 cm³/mol. The number of carbonyl (C=O) groups excluding carboxylic acids is 1. The lowest BCUT2D eigenvalue weighted by Gasteiger charge is -2.11. The first-order chi connectivity index (χ1) is 9.26. The lowest BCUT2D eigenvalue weighted by atomic mass is 10.1. The molecule has 0 N–H and O–H groups in total. The molecule has 0 aliphatic rings. The molecule has 0 bridgehead atoms. The molecule has 0 saturated carbocycles. The number of ether oxygens (including phenoxy) is 1. The lowest BCUT2D eigenvalue weighted by molar-refractivity contribution is 0.111. The van der Waals surface area contributed by atoms with Crippen molar-refractivity contribution in [2.24, 2.45) is 0 Å². The van der Waals surface area contributed by atoms with E-state index >= 15 is 0 Å². The van der Waals surface area contributed by atoms with Crippen LogP contribution in [0, 0.1) is 18.3 Å². The third kappa shape index (κ3) is 2.80. The number of nitrogens with zero attached hydrogens (tertiary/aromatic N) is 1. The quantitative estimate of drug-likeness (QED) is 0.784. The summed E-state index contributed by atoms with van der Waals surface area (Å²) in [4.78, 5) is 11.0. The molecule has 3 heteroatoms. The molecule has 0 aliphatic heterocycles. The molecule has 0 aliphatic carbocycles. The average molecular weight is 251 g/mol. The van der Waals surface area contributed by atoms with Crippen LogP contribution in [-0.2, 0) is 6.61 Å². The van der Waals surface area contributed by atoms with Gasteiger partial charge in [0, 0.05) is 5.56 Å². The molecule has 2 rings (SSSR count). The van der Waals surface area contributed by atoms with Crippen molar-refractivity contribution in [1.29, 1.82) is 5.26 Å². The second-order valence-electron chi connectivity index (χ2n) is 4.17. The Labute approximate surface area is 112 Å². The highest BCUT2D eigenvalue weighted by atomic mass is 16.5. The van der Waals surface area contributed by atoms with Crippen molar-refractivity contribution in [3.63, 3.8) is 0 Å². The first kappa shape index (κ1) is 12.8. The molecular formula is C16H13NO2. The van der Waals surface area contributed by atoms with Crippen LogP contribution < -0.4 is 4.74 Å². The molecule has 19 heavy (non-hydrogen) atoms. The summed E-state index contributed by atoms with van der Waals surface area (Å²) in [6.07, 6.45) is 0.776. The van der Waals surface area contributed by atoms with Crippen LogP contribution in [0.4, 0.5) is 0 Å². The molecule has 0 heterocycles. The maximum atomic E-state index is 11.0. The summed E-state index contributed by atoms with van der Waals surface area (Å²) in [6.45, 7) is 2.16. The van der Waals surface area contributed by atoms with Crippen LogP contribution in [0.1, 0.15) is 27.0 Å². The highest BCUT2D eigenvalue weighted by Crippen LogP contribution is 2.23. The highest BCUT2D eigenvalue weighted by molar-refractivity contribution is 5.80. The standard InChI is InChI=1S/C16H13NO2/c1-12-5-4-8-14(10-18)16(12)19-11-15-7-3-2-6-13(15)9-17/h2-8,10H,11H2,1H3. The molecule has 3 nitrogen and oxygen atoms in total. The van der Waals surface area contributed by atoms with E-state index in [0.717, 1.165) is 17.4 Å². The number of rotatable bonds is 4. The van der Waals surface area contributed by atoms with E-state index in [9.17, 15) is 4.79 Å². The second-order valence-corrected chi connectivity index (χ2v) is 4.17. The number of para-hydroxylation sites is 1. The van der Waals surface area contributed by atoms with Gasteiger partial charge < -0.3 is 4.74 Å². The number of nitriles is 1. The fourth-order valence-electron chi connectivity index (χ4n) is 1.87. The van der Waals surface area contributed by atoms with Gasteiger partial charge in [-0.1, -0.05) is 30.3 Å². The fourth-order valence-corrected chi connectivity index (χ4v) is 1.87. The number of aryl methyl sites for hydroxylation is 1. The highest BCUT2D eigenvalue weighted by Gasteiger charge is 2.08. The number of aldehydes is 1. The third-order valence-corrected chi connectivity index (χ3v) is 2.88. The van der Waals surface area contributed by atoms with Gasteiger partial charge >= 0.3 is 0 Å². The summed E-state index contributed by atoms with van der Waals surface area (Å²) in [6, 6.07) is 14.8. The topological polar surface area (TPSA) is 50.1 Å². The van der Waals surface area contributed by atoms with Crippen molar-refractivity contribution in [2.75, 3.05) is 0 Å². The molecule has 2 aromatic carbocycles. The molecule has 0 amide bonds. The van der Waals surface area contributed by atoms with E-state index in [2.05, 4.69) is 6.07 Å². The van der Waals surface area contributed by atoms with Crippen molar-refractivity contribution in [2.45, 2.75) is 13.5 Å². The van der Waals surface area contributed by atoms with E-state index < -0.39 is 0 Å². The van der Waals surface area contributed by atoms with E-state index in [1.165, 1.54) is 0 Å². The maximum Gasteiger partial charge on any atom is 0.153 e. The summed E-state index contributed by atoms with van der Waals surface area (Å²) in [7, 11) is 0. The zero-order chi connectivity index (χ0) is 13.7. The first-order valence-corrected chi connectivity index (χ1v) is 5.92. The molecule has 0 radical (unpaired) electrons. The van der Waals surface area contributed by atoms with Crippen LogP contribution in [0.25, 0.3) is 0 Å². The van der Waals surface area contributed by atoms with Gasteiger partial charge in [-0.25, -0.2) is 0 Å². The van der Waals surface area contributed by atoms with Crippen molar-refractivity contribution in [3.05, 3.63) is 64.7 Å². The predicted octanol–water partition coefficient (Wildman–Crippen LogP) is 3.26. The molecule has 0 aromatic heterocycles. The Morgan fingerprint density at radius 1 is 1.21 bits per heavy atom. The Hall–Kier alpha value is -2.60. The Bertz CT molecular complexity index is 641. The van der Waals surface area contributed by atoms with Gasteiger partial charge in [0.1, 0.15) is 12.4 Å². The van der Waals surface area contributed by atoms with Crippen molar-refractivity contribution >= 4 is 6.29 Å². The van der Waals surface area contributed by atoms with E-state index in [-0.39, 0.29) is 6.61 Å². The Balaban J connectivity index is 2.24. The zero-order valence-electron chi connectivity index (χ0n) is 10.6. The number of benzene rings is 2. The summed E-state index contributed by atoms with van der Waals surface area (Å²) in [5.74, 6) is 0.574. The second kappa shape index (κ2) is 5.83. The fraction of sp³-hybridized carbons (Fsp3) is 0.125. The largest absolute Gasteiger partial charge is 0.488 e. The van der Waals surface area contributed by atoms with Crippen LogP contribution >= 0.6 is 0 Å². The molecule has 0 atom stereocenters. The molecule has 0 unspecified atom stereocenters. The van der Waals surface area contributed by atoms with E-state index in [1.807, 2.05) is 37.3 Å². The minimum absolute atomic E-state index is 0.273. The zero-order valence-corrected chi connectivity index (χ0v) is 10.6. The third-order valence-electron chi connectivity index (χ3n) is 2.88. The summed E-state index contributed by atoms with van der Waals surface area (Å²) < 4.78 is 5.70. The summed E-state index contributed by atoms with van der Waals surface area (Å²) >= 11 is 0. The molecule has 0 spiro atoms. The maximum absolute atomic E-state index is 11.0. The van der Waals surface area contributed by atoms with Gasteiger partial charge in [-0.3, -0.25) is 4.79 Å². The van der Waals surface area contributed by atoms with Crippen molar-refractivity contribution in [3.8, 4) is 11.8 Å². The Morgan fingerprint density at radius 2 is 2.00 bits per heavy atom. The summed E-state index contributed by atoms with van der Waals surface area (Å²) in [5.41, 5.74) is 2.82.